The summed E-state index contributed by atoms with van der Waals surface area (Å²) in [7, 11) is 0. The molecule has 0 radical (unpaired) electrons. The van der Waals surface area contributed by atoms with Crippen LogP contribution in [0.2, 0.25) is 0 Å². The molecule has 7 heteroatoms. The third-order valence-electron chi connectivity index (χ3n) is 6.19. The third-order valence-corrected chi connectivity index (χ3v) is 8.23. The van der Waals surface area contributed by atoms with Crippen molar-refractivity contribution in [2.75, 3.05) is 11.9 Å². The Bertz CT molecular complexity index is 879. The van der Waals surface area contributed by atoms with Gasteiger partial charge in [0.2, 0.25) is 0 Å². The van der Waals surface area contributed by atoms with E-state index in [0.717, 1.165) is 17.9 Å². The number of rotatable bonds is 19. The standard InChI is InChI=1S/C28H44AsN3O3/c1-2-3-4-5-6-7-8-9-10-11-12-13-14-15-24-30-26-20-22-28(23-21-26)32-31-27-18-16-25(17-19-27)29(33,34)35/h16-23,30H,2-15,24H2,1H3,(H2,33,34,35). The van der Waals surface area contributed by atoms with Crippen molar-refractivity contribution in [1.82, 2.24) is 0 Å². The summed E-state index contributed by atoms with van der Waals surface area (Å²) in [4.78, 5) is 0. The summed E-state index contributed by atoms with van der Waals surface area (Å²) in [6.07, 6.45) is 19.2. The van der Waals surface area contributed by atoms with Crippen LogP contribution in [0.5, 0.6) is 0 Å². The molecule has 0 amide bonds. The second-order valence-electron chi connectivity index (χ2n) is 9.33. The van der Waals surface area contributed by atoms with Crippen LogP contribution in [0, 0.1) is 0 Å². The predicted octanol–water partition coefficient (Wildman–Crippen LogP) is 7.56. The van der Waals surface area contributed by atoms with Crippen molar-refractivity contribution in [3.8, 4) is 0 Å². The molecular weight excluding hydrogens is 501 g/mol. The van der Waals surface area contributed by atoms with E-state index in [1.54, 1.807) is 12.1 Å². The molecule has 0 bridgehead atoms. The summed E-state index contributed by atoms with van der Waals surface area (Å²) in [5.41, 5.74) is 2.36. The van der Waals surface area contributed by atoms with E-state index >= 15 is 0 Å². The van der Waals surface area contributed by atoms with Crippen LogP contribution in [0.1, 0.15) is 96.8 Å². The number of unbranched alkanes of at least 4 members (excludes halogenated alkanes) is 13. The van der Waals surface area contributed by atoms with Gasteiger partial charge in [-0.3, -0.25) is 0 Å². The number of hydrogen-bond donors (Lipinski definition) is 3. The van der Waals surface area contributed by atoms with Gasteiger partial charge in [-0.15, -0.1) is 0 Å². The van der Waals surface area contributed by atoms with Gasteiger partial charge in [-0.2, -0.15) is 0 Å². The number of nitrogens with one attached hydrogen (secondary N) is 1. The molecule has 0 unspecified atom stereocenters. The van der Waals surface area contributed by atoms with Crippen molar-refractivity contribution in [1.29, 1.82) is 0 Å². The molecule has 0 atom stereocenters. The van der Waals surface area contributed by atoms with Gasteiger partial charge in [-0.05, 0) is 6.42 Å². The van der Waals surface area contributed by atoms with E-state index in [-0.39, 0.29) is 4.35 Å². The zero-order chi connectivity index (χ0) is 25.2. The summed E-state index contributed by atoms with van der Waals surface area (Å²) in [6.45, 7) is 3.25. The Kier molecular flexibility index (Phi) is 14.7. The third kappa shape index (κ3) is 13.7. The SMILES string of the molecule is CCCCCCCCCCCCCCCCNc1ccc(N=Nc2ccc([As](=O)(O)O)cc2)cc1. The fourth-order valence-corrected chi connectivity index (χ4v) is 5.15. The van der Waals surface area contributed by atoms with Crippen molar-refractivity contribution in [3.63, 3.8) is 0 Å². The topological polar surface area (TPSA) is 94.3 Å². The van der Waals surface area contributed by atoms with E-state index in [1.165, 1.54) is 102 Å². The predicted molar refractivity (Wildman–Crippen MR) is 146 cm³/mol. The number of hydrogen-bond acceptors (Lipinski definition) is 4. The zero-order valence-electron chi connectivity index (χ0n) is 21.4. The fraction of sp³-hybridized carbons (Fsp3) is 0.571. The second kappa shape index (κ2) is 17.5. The average Bonchev–Trinajstić information content (AvgIpc) is 2.85. The molecule has 0 saturated carbocycles. The minimum atomic E-state index is -4.85. The van der Waals surface area contributed by atoms with Crippen LogP contribution in [0.3, 0.4) is 0 Å². The quantitative estimate of drug-likeness (QED) is 0.0965. The number of benzene rings is 2. The molecule has 0 aromatic heterocycles. The van der Waals surface area contributed by atoms with Crippen LogP contribution in [-0.4, -0.2) is 28.9 Å². The van der Waals surface area contributed by atoms with Crippen LogP contribution in [-0.2, 0) is 3.74 Å². The van der Waals surface area contributed by atoms with E-state index in [9.17, 15) is 11.9 Å². The molecule has 0 aliphatic rings. The first-order chi connectivity index (χ1) is 17.0. The maximum atomic E-state index is 11.3. The van der Waals surface area contributed by atoms with Gasteiger partial charge in [0.1, 0.15) is 0 Å². The van der Waals surface area contributed by atoms with E-state index < -0.39 is 14.2 Å². The summed E-state index contributed by atoms with van der Waals surface area (Å²) in [5, 5.41) is 11.8. The molecule has 0 saturated heterocycles. The molecule has 6 nitrogen and oxygen atoms in total. The fourth-order valence-electron chi connectivity index (χ4n) is 4.03. The summed E-state index contributed by atoms with van der Waals surface area (Å²) < 4.78 is 29.7. The van der Waals surface area contributed by atoms with Gasteiger partial charge >= 0.3 is 118 Å². The molecule has 0 spiro atoms. The molecule has 0 heterocycles. The molecule has 35 heavy (non-hydrogen) atoms. The van der Waals surface area contributed by atoms with Crippen molar-refractivity contribution in [3.05, 3.63) is 48.5 Å². The zero-order valence-corrected chi connectivity index (χ0v) is 23.2. The van der Waals surface area contributed by atoms with Crippen LogP contribution in [0.15, 0.2) is 58.8 Å². The van der Waals surface area contributed by atoms with E-state index in [1.807, 2.05) is 24.3 Å². The minimum absolute atomic E-state index is 0.0382. The molecule has 2 aromatic carbocycles. The Morgan fingerprint density at radius 2 is 1.03 bits per heavy atom. The van der Waals surface area contributed by atoms with Crippen molar-refractivity contribution in [2.45, 2.75) is 96.8 Å². The Morgan fingerprint density at radius 1 is 0.629 bits per heavy atom. The number of azo groups is 1. The second-order valence-corrected chi connectivity index (χ2v) is 12.7. The molecule has 0 fully saturated rings. The van der Waals surface area contributed by atoms with Crippen molar-refractivity contribution >= 4 is 35.6 Å². The maximum absolute atomic E-state index is 11.3. The first-order valence-electron chi connectivity index (χ1n) is 13.4. The normalized spacial score (nSPS) is 11.9. The van der Waals surface area contributed by atoms with Gasteiger partial charge in [0, 0.05) is 0 Å². The Hall–Kier alpha value is -1.88. The average molecular weight is 546 g/mol. The first kappa shape index (κ1) is 29.3. The molecule has 2 rings (SSSR count). The van der Waals surface area contributed by atoms with Crippen LogP contribution in [0.25, 0.3) is 0 Å². The monoisotopic (exact) mass is 545 g/mol. The Labute approximate surface area is 214 Å². The van der Waals surface area contributed by atoms with Crippen LogP contribution >= 0.6 is 0 Å². The van der Waals surface area contributed by atoms with E-state index in [0.29, 0.717) is 5.69 Å². The number of anilines is 1. The molecule has 2 aromatic rings. The van der Waals surface area contributed by atoms with Crippen molar-refractivity contribution in [2.24, 2.45) is 10.2 Å². The van der Waals surface area contributed by atoms with Gasteiger partial charge in [0.15, 0.2) is 0 Å². The van der Waals surface area contributed by atoms with E-state index in [2.05, 4.69) is 22.5 Å². The Balaban J connectivity index is 1.49. The summed E-state index contributed by atoms with van der Waals surface area (Å²) in [6, 6.07) is 13.7. The van der Waals surface area contributed by atoms with Gasteiger partial charge in [-0.1, -0.05) is 90.4 Å². The molecule has 194 valence electrons. The summed E-state index contributed by atoms with van der Waals surface area (Å²) >= 11 is -4.85. The molecule has 3 N–H and O–H groups in total. The van der Waals surface area contributed by atoms with Crippen molar-refractivity contribution < 1.29 is 11.9 Å². The first-order valence-corrected chi connectivity index (χ1v) is 16.8. The molecular formula is C28H44AsN3O3. The molecule has 0 aliphatic carbocycles. The van der Waals surface area contributed by atoms with Gasteiger partial charge < -0.3 is 0 Å². The van der Waals surface area contributed by atoms with E-state index in [4.69, 9.17) is 0 Å². The Morgan fingerprint density at radius 3 is 1.46 bits per heavy atom. The number of nitrogens with zero attached hydrogens (tertiary/aromatic N) is 2. The van der Waals surface area contributed by atoms with Crippen LogP contribution < -0.4 is 9.67 Å². The summed E-state index contributed by atoms with van der Waals surface area (Å²) in [5.74, 6) is 0. The van der Waals surface area contributed by atoms with Crippen LogP contribution in [0.4, 0.5) is 17.1 Å². The van der Waals surface area contributed by atoms with Gasteiger partial charge in [-0.25, -0.2) is 0 Å². The van der Waals surface area contributed by atoms with Gasteiger partial charge in [0.05, 0.1) is 0 Å². The van der Waals surface area contributed by atoms with Gasteiger partial charge in [0.25, 0.3) is 0 Å². The molecule has 0 aliphatic heterocycles.